The van der Waals surface area contributed by atoms with E-state index in [2.05, 4.69) is 5.32 Å². The maximum absolute atomic E-state index is 12.5. The number of urea groups is 1. The van der Waals surface area contributed by atoms with Gasteiger partial charge in [-0.05, 0) is 50.9 Å². The third-order valence-electron chi connectivity index (χ3n) is 4.36. The molecule has 2 aliphatic rings. The van der Waals surface area contributed by atoms with Crippen molar-refractivity contribution in [2.75, 3.05) is 6.61 Å². The molecular formula is C17H22N2O3S. The van der Waals surface area contributed by atoms with E-state index >= 15 is 0 Å². The average Bonchev–Trinajstić information content (AvgIpc) is 2.84. The lowest BCUT2D eigenvalue weighted by Crippen LogP contribution is -2.49. The molecule has 1 N–H and O–H groups in total. The van der Waals surface area contributed by atoms with Gasteiger partial charge < -0.3 is 14.8 Å². The Kier molecular flexibility index (Phi) is 4.82. The quantitative estimate of drug-likeness (QED) is 0.843. The summed E-state index contributed by atoms with van der Waals surface area (Å²) in [4.78, 5) is 14.0. The van der Waals surface area contributed by atoms with Crippen molar-refractivity contribution in [1.82, 2.24) is 10.2 Å². The Balaban J connectivity index is 1.69. The van der Waals surface area contributed by atoms with Crippen LogP contribution in [0.1, 0.15) is 43.4 Å². The molecule has 3 atom stereocenters. The van der Waals surface area contributed by atoms with Crippen LogP contribution in [0.2, 0.25) is 0 Å². The lowest BCUT2D eigenvalue weighted by Gasteiger charge is -2.27. The summed E-state index contributed by atoms with van der Waals surface area (Å²) in [6.07, 6.45) is 2.48. The number of hydrogen-bond acceptors (Lipinski definition) is 4. The van der Waals surface area contributed by atoms with E-state index in [1.807, 2.05) is 38.1 Å². The normalized spacial score (nSPS) is 27.7. The van der Waals surface area contributed by atoms with Gasteiger partial charge in [-0.1, -0.05) is 29.8 Å². The van der Waals surface area contributed by atoms with Crippen LogP contribution in [0.15, 0.2) is 24.3 Å². The van der Waals surface area contributed by atoms with Crippen LogP contribution < -0.4 is 5.32 Å². The van der Waals surface area contributed by atoms with Gasteiger partial charge in [-0.15, -0.1) is 0 Å². The molecule has 2 fully saturated rings. The van der Waals surface area contributed by atoms with Crippen molar-refractivity contribution in [3.05, 3.63) is 35.4 Å². The third kappa shape index (κ3) is 3.48. The van der Waals surface area contributed by atoms with Crippen LogP contribution in [-0.2, 0) is 9.47 Å². The number of thiocarbonyl (C=S) groups is 1. The van der Waals surface area contributed by atoms with Gasteiger partial charge in [-0.3, -0.25) is 0 Å². The summed E-state index contributed by atoms with van der Waals surface area (Å²) < 4.78 is 11.3. The van der Waals surface area contributed by atoms with E-state index in [4.69, 9.17) is 21.7 Å². The number of carbonyl (C=O) groups is 1. The van der Waals surface area contributed by atoms with E-state index in [1.165, 1.54) is 10.5 Å². The summed E-state index contributed by atoms with van der Waals surface area (Å²) >= 11 is 5.27. The number of nitrogens with zero attached hydrogens (tertiary/aromatic N) is 1. The van der Waals surface area contributed by atoms with Gasteiger partial charge in [0.05, 0.1) is 6.04 Å². The SMILES string of the molecule is Cc1ccc(C2OC(=S)N(C(=O)NC3CCCCO3)C2C)cc1. The number of amides is 2. The van der Waals surface area contributed by atoms with Crippen LogP contribution in [0.3, 0.4) is 0 Å². The molecule has 2 aliphatic heterocycles. The zero-order chi connectivity index (χ0) is 16.4. The smallest absolute Gasteiger partial charge is 0.327 e. The van der Waals surface area contributed by atoms with Crippen molar-refractivity contribution in [3.8, 4) is 0 Å². The summed E-state index contributed by atoms with van der Waals surface area (Å²) in [7, 11) is 0. The summed E-state index contributed by atoms with van der Waals surface area (Å²) in [5.41, 5.74) is 2.21. The van der Waals surface area contributed by atoms with E-state index in [9.17, 15) is 4.79 Å². The first-order valence-corrected chi connectivity index (χ1v) is 8.45. The Morgan fingerprint density at radius 3 is 2.70 bits per heavy atom. The fourth-order valence-electron chi connectivity index (χ4n) is 3.00. The summed E-state index contributed by atoms with van der Waals surface area (Å²) in [6, 6.07) is 7.70. The minimum Gasteiger partial charge on any atom is -0.460 e. The maximum Gasteiger partial charge on any atom is 0.327 e. The number of rotatable bonds is 2. The van der Waals surface area contributed by atoms with Gasteiger partial charge >= 0.3 is 6.03 Å². The van der Waals surface area contributed by atoms with Gasteiger partial charge in [0, 0.05) is 6.61 Å². The molecule has 0 spiro atoms. The molecule has 0 saturated carbocycles. The molecule has 124 valence electrons. The highest BCUT2D eigenvalue weighted by Crippen LogP contribution is 2.32. The van der Waals surface area contributed by atoms with Crippen LogP contribution in [0.5, 0.6) is 0 Å². The molecule has 1 aromatic carbocycles. The van der Waals surface area contributed by atoms with Crippen LogP contribution in [0.4, 0.5) is 4.79 Å². The van der Waals surface area contributed by atoms with Gasteiger partial charge in [0.2, 0.25) is 0 Å². The molecule has 2 amide bonds. The first kappa shape index (κ1) is 16.2. The van der Waals surface area contributed by atoms with Crippen molar-refractivity contribution < 1.29 is 14.3 Å². The Hall–Kier alpha value is -1.66. The maximum atomic E-state index is 12.5. The first-order chi connectivity index (χ1) is 11.1. The molecule has 3 rings (SSSR count). The van der Waals surface area contributed by atoms with Crippen molar-refractivity contribution in [2.45, 2.75) is 51.5 Å². The van der Waals surface area contributed by atoms with Gasteiger partial charge in [0.1, 0.15) is 12.3 Å². The molecule has 0 aromatic heterocycles. The second-order valence-corrected chi connectivity index (χ2v) is 6.48. The van der Waals surface area contributed by atoms with Crippen molar-refractivity contribution in [2.24, 2.45) is 0 Å². The topological polar surface area (TPSA) is 50.8 Å². The second-order valence-electron chi connectivity index (χ2n) is 6.13. The van der Waals surface area contributed by atoms with Crippen molar-refractivity contribution >= 4 is 23.4 Å². The average molecular weight is 334 g/mol. The molecule has 0 radical (unpaired) electrons. The Morgan fingerprint density at radius 2 is 2.04 bits per heavy atom. The Morgan fingerprint density at radius 1 is 1.30 bits per heavy atom. The van der Waals surface area contributed by atoms with E-state index < -0.39 is 0 Å². The first-order valence-electron chi connectivity index (χ1n) is 8.05. The Bertz CT molecular complexity index is 584. The standard InChI is InChI=1S/C17H22N2O3S/c1-11-6-8-13(9-7-11)15-12(2)19(17(23)22-15)16(20)18-14-5-3-4-10-21-14/h6-9,12,14-15H,3-5,10H2,1-2H3,(H,18,20). The molecule has 0 bridgehead atoms. The molecule has 0 aliphatic carbocycles. The fourth-order valence-corrected chi connectivity index (χ4v) is 3.35. The summed E-state index contributed by atoms with van der Waals surface area (Å²) in [6.45, 7) is 4.68. The minimum atomic E-state index is -0.246. The molecule has 6 heteroatoms. The second kappa shape index (κ2) is 6.84. The lowest BCUT2D eigenvalue weighted by molar-refractivity contribution is 0.000350. The molecule has 5 nitrogen and oxygen atoms in total. The molecule has 23 heavy (non-hydrogen) atoms. The summed E-state index contributed by atoms with van der Waals surface area (Å²) in [5.74, 6) is 0. The van der Waals surface area contributed by atoms with Crippen LogP contribution in [-0.4, -0.2) is 35.0 Å². The van der Waals surface area contributed by atoms with Crippen molar-refractivity contribution in [1.29, 1.82) is 0 Å². The molecule has 3 unspecified atom stereocenters. The lowest BCUT2D eigenvalue weighted by atomic mass is 10.0. The zero-order valence-electron chi connectivity index (χ0n) is 13.5. The van der Waals surface area contributed by atoms with E-state index in [-0.39, 0.29) is 29.6 Å². The van der Waals surface area contributed by atoms with Crippen LogP contribution in [0, 0.1) is 6.92 Å². The predicted octanol–water partition coefficient (Wildman–Crippen LogP) is 3.28. The zero-order valence-corrected chi connectivity index (χ0v) is 14.3. The van der Waals surface area contributed by atoms with E-state index in [0.29, 0.717) is 6.61 Å². The highest BCUT2D eigenvalue weighted by Gasteiger charge is 2.41. The molecule has 1 aromatic rings. The van der Waals surface area contributed by atoms with E-state index in [1.54, 1.807) is 0 Å². The van der Waals surface area contributed by atoms with E-state index in [0.717, 1.165) is 24.8 Å². The minimum absolute atomic E-state index is 0.159. The van der Waals surface area contributed by atoms with Crippen molar-refractivity contribution in [3.63, 3.8) is 0 Å². The number of hydrogen-bond donors (Lipinski definition) is 1. The number of nitrogens with one attached hydrogen (secondary N) is 1. The highest BCUT2D eigenvalue weighted by molar-refractivity contribution is 7.80. The molecule has 2 saturated heterocycles. The molecular weight excluding hydrogens is 312 g/mol. The largest absolute Gasteiger partial charge is 0.460 e. The van der Waals surface area contributed by atoms with Gasteiger partial charge in [-0.2, -0.15) is 0 Å². The number of carbonyl (C=O) groups excluding carboxylic acids is 1. The number of ether oxygens (including phenoxy) is 2. The number of benzene rings is 1. The fraction of sp³-hybridized carbons (Fsp3) is 0.529. The monoisotopic (exact) mass is 334 g/mol. The van der Waals surface area contributed by atoms with Gasteiger partial charge in [-0.25, -0.2) is 9.69 Å². The molecule has 2 heterocycles. The van der Waals surface area contributed by atoms with Crippen LogP contribution >= 0.6 is 12.2 Å². The predicted molar refractivity (Wildman–Crippen MR) is 91.0 cm³/mol. The highest BCUT2D eigenvalue weighted by atomic mass is 32.1. The Labute approximate surface area is 141 Å². The van der Waals surface area contributed by atoms with Gasteiger partial charge in [0.25, 0.3) is 5.17 Å². The third-order valence-corrected chi connectivity index (χ3v) is 4.65. The van der Waals surface area contributed by atoms with Crippen LogP contribution in [0.25, 0.3) is 0 Å². The van der Waals surface area contributed by atoms with Gasteiger partial charge in [0.15, 0.2) is 0 Å². The number of aryl methyl sites for hydroxylation is 1. The summed E-state index contributed by atoms with van der Waals surface area (Å²) in [5, 5.41) is 3.12.